The molecule has 6 aromatic rings. The van der Waals surface area contributed by atoms with Crippen molar-refractivity contribution in [1.82, 2.24) is 0 Å². The summed E-state index contributed by atoms with van der Waals surface area (Å²) >= 11 is 0. The monoisotopic (exact) mass is 382 g/mol. The SMILES string of the molecule is O=C(c1c2ccccc2cc2ccccc12)c1c2ccccc2cc2ccccc12. The Labute approximate surface area is 174 Å². The summed E-state index contributed by atoms with van der Waals surface area (Å²) in [6, 6.07) is 37.0. The van der Waals surface area contributed by atoms with Gasteiger partial charge in [0.2, 0.25) is 0 Å². The lowest BCUT2D eigenvalue weighted by Crippen LogP contribution is -2.05. The van der Waals surface area contributed by atoms with E-state index in [1.165, 1.54) is 0 Å². The number of ketones is 1. The molecule has 0 fully saturated rings. The summed E-state index contributed by atoms with van der Waals surface area (Å²) in [5.74, 6) is 0.0796. The molecule has 0 amide bonds. The van der Waals surface area contributed by atoms with Crippen LogP contribution in [0.3, 0.4) is 0 Å². The van der Waals surface area contributed by atoms with Gasteiger partial charge in [0, 0.05) is 11.1 Å². The number of fused-ring (bicyclic) bond motifs is 4. The van der Waals surface area contributed by atoms with Gasteiger partial charge in [-0.1, -0.05) is 97.1 Å². The van der Waals surface area contributed by atoms with Crippen LogP contribution in [-0.4, -0.2) is 5.78 Å². The molecule has 0 aromatic heterocycles. The highest BCUT2D eigenvalue weighted by Crippen LogP contribution is 2.35. The molecule has 0 radical (unpaired) electrons. The Kier molecular flexibility index (Phi) is 3.69. The fourth-order valence-electron chi connectivity index (χ4n) is 4.64. The predicted octanol–water partition coefficient (Wildman–Crippen LogP) is 7.53. The maximum Gasteiger partial charge on any atom is 0.195 e. The van der Waals surface area contributed by atoms with Crippen molar-refractivity contribution < 1.29 is 4.79 Å². The third kappa shape index (κ3) is 2.46. The number of carbonyl (C=O) groups excluding carboxylic acids is 1. The summed E-state index contributed by atoms with van der Waals surface area (Å²) in [5.41, 5.74) is 1.57. The van der Waals surface area contributed by atoms with E-state index in [1.54, 1.807) is 0 Å². The largest absolute Gasteiger partial charge is 0.289 e. The molecule has 30 heavy (non-hydrogen) atoms. The van der Waals surface area contributed by atoms with Crippen LogP contribution in [0, 0.1) is 0 Å². The van der Waals surface area contributed by atoms with Crippen LogP contribution in [0.1, 0.15) is 15.9 Å². The second-order valence-corrected chi connectivity index (χ2v) is 7.72. The van der Waals surface area contributed by atoms with Crippen molar-refractivity contribution in [1.29, 1.82) is 0 Å². The summed E-state index contributed by atoms with van der Waals surface area (Å²) in [5, 5.41) is 8.34. The molecule has 1 heteroatoms. The van der Waals surface area contributed by atoms with E-state index >= 15 is 0 Å². The topological polar surface area (TPSA) is 17.1 Å². The lowest BCUT2D eigenvalue weighted by molar-refractivity contribution is 0.104. The predicted molar refractivity (Wildman–Crippen MR) is 126 cm³/mol. The fourth-order valence-corrected chi connectivity index (χ4v) is 4.64. The lowest BCUT2D eigenvalue weighted by atomic mass is 9.87. The van der Waals surface area contributed by atoms with Crippen LogP contribution < -0.4 is 0 Å². The molecule has 0 aliphatic heterocycles. The third-order valence-corrected chi connectivity index (χ3v) is 6.00. The van der Waals surface area contributed by atoms with E-state index in [9.17, 15) is 4.79 Å². The van der Waals surface area contributed by atoms with E-state index < -0.39 is 0 Å². The van der Waals surface area contributed by atoms with Crippen molar-refractivity contribution >= 4 is 48.9 Å². The van der Waals surface area contributed by atoms with Crippen molar-refractivity contribution in [2.45, 2.75) is 0 Å². The van der Waals surface area contributed by atoms with E-state index in [0.717, 1.165) is 54.2 Å². The van der Waals surface area contributed by atoms with Gasteiger partial charge in [-0.25, -0.2) is 0 Å². The standard InChI is InChI=1S/C29H18O/c30-29(27-23-13-5-1-9-19(23)17-20-10-2-6-14-24(20)27)28-25-15-7-3-11-21(25)18-22-12-4-8-16-26(22)28/h1-18H. The number of carbonyl (C=O) groups is 1. The van der Waals surface area contributed by atoms with Crippen LogP contribution in [0.5, 0.6) is 0 Å². The molecule has 0 unspecified atom stereocenters. The van der Waals surface area contributed by atoms with Gasteiger partial charge in [-0.3, -0.25) is 4.79 Å². The van der Waals surface area contributed by atoms with Gasteiger partial charge < -0.3 is 0 Å². The zero-order chi connectivity index (χ0) is 20.1. The Bertz CT molecular complexity index is 1380. The van der Waals surface area contributed by atoms with Crippen molar-refractivity contribution in [3.8, 4) is 0 Å². The minimum Gasteiger partial charge on any atom is -0.289 e. The molecule has 140 valence electrons. The van der Waals surface area contributed by atoms with Gasteiger partial charge in [0.15, 0.2) is 5.78 Å². The quantitative estimate of drug-likeness (QED) is 0.223. The first-order chi connectivity index (χ1) is 14.8. The number of rotatable bonds is 2. The summed E-state index contributed by atoms with van der Waals surface area (Å²) in [6.07, 6.45) is 0. The van der Waals surface area contributed by atoms with Crippen LogP contribution in [-0.2, 0) is 0 Å². The van der Waals surface area contributed by atoms with Crippen LogP contribution in [0.4, 0.5) is 0 Å². The van der Waals surface area contributed by atoms with Crippen molar-refractivity contribution in [2.24, 2.45) is 0 Å². The van der Waals surface area contributed by atoms with Gasteiger partial charge in [0.25, 0.3) is 0 Å². The number of hydrogen-bond donors (Lipinski definition) is 0. The molecule has 0 N–H and O–H groups in total. The molecule has 1 nitrogen and oxygen atoms in total. The molecular weight excluding hydrogens is 364 g/mol. The van der Waals surface area contributed by atoms with Crippen molar-refractivity contribution in [2.75, 3.05) is 0 Å². The van der Waals surface area contributed by atoms with Crippen LogP contribution in [0.25, 0.3) is 43.1 Å². The molecule has 0 bridgehead atoms. The Morgan fingerprint density at radius 2 is 0.667 bits per heavy atom. The molecule has 0 spiro atoms. The highest BCUT2D eigenvalue weighted by atomic mass is 16.1. The Morgan fingerprint density at radius 3 is 0.967 bits per heavy atom. The zero-order valence-electron chi connectivity index (χ0n) is 16.3. The van der Waals surface area contributed by atoms with E-state index in [1.807, 2.05) is 48.5 Å². The normalized spacial score (nSPS) is 11.5. The average Bonchev–Trinajstić information content (AvgIpc) is 2.80. The van der Waals surface area contributed by atoms with Crippen LogP contribution >= 0.6 is 0 Å². The van der Waals surface area contributed by atoms with Gasteiger partial charge in [-0.15, -0.1) is 0 Å². The molecular formula is C29H18O. The summed E-state index contributed by atoms with van der Waals surface area (Å²) < 4.78 is 0. The molecule has 6 rings (SSSR count). The minimum absolute atomic E-state index is 0.0796. The third-order valence-electron chi connectivity index (χ3n) is 6.00. The molecule has 0 saturated carbocycles. The molecule has 0 atom stereocenters. The van der Waals surface area contributed by atoms with Gasteiger partial charge in [-0.2, -0.15) is 0 Å². The van der Waals surface area contributed by atoms with E-state index in [2.05, 4.69) is 60.7 Å². The Hall–Kier alpha value is -3.97. The van der Waals surface area contributed by atoms with E-state index in [-0.39, 0.29) is 5.78 Å². The molecule has 0 aliphatic rings. The molecule has 0 saturated heterocycles. The highest BCUT2D eigenvalue weighted by molar-refractivity contribution is 6.31. The molecule has 0 aliphatic carbocycles. The first kappa shape index (κ1) is 16.9. The second-order valence-electron chi connectivity index (χ2n) is 7.72. The smallest absolute Gasteiger partial charge is 0.195 e. The lowest BCUT2D eigenvalue weighted by Gasteiger charge is -2.15. The summed E-state index contributed by atoms with van der Waals surface area (Å²) in [4.78, 5) is 14.3. The zero-order valence-corrected chi connectivity index (χ0v) is 16.3. The second kappa shape index (κ2) is 6.53. The summed E-state index contributed by atoms with van der Waals surface area (Å²) in [6.45, 7) is 0. The van der Waals surface area contributed by atoms with E-state index in [4.69, 9.17) is 0 Å². The highest BCUT2D eigenvalue weighted by Gasteiger charge is 2.21. The van der Waals surface area contributed by atoms with Gasteiger partial charge in [0.05, 0.1) is 0 Å². The Balaban J connectivity index is 1.79. The molecule has 6 aromatic carbocycles. The van der Waals surface area contributed by atoms with Crippen molar-refractivity contribution in [3.05, 3.63) is 120 Å². The fraction of sp³-hybridized carbons (Fsp3) is 0. The first-order valence-corrected chi connectivity index (χ1v) is 10.2. The van der Waals surface area contributed by atoms with Gasteiger partial charge in [-0.05, 0) is 55.2 Å². The van der Waals surface area contributed by atoms with Gasteiger partial charge >= 0.3 is 0 Å². The van der Waals surface area contributed by atoms with Crippen LogP contribution in [0.15, 0.2) is 109 Å². The molecule has 0 heterocycles. The average molecular weight is 382 g/mol. The van der Waals surface area contributed by atoms with Crippen LogP contribution in [0.2, 0.25) is 0 Å². The summed E-state index contributed by atoms with van der Waals surface area (Å²) in [7, 11) is 0. The minimum atomic E-state index is 0.0796. The number of hydrogen-bond acceptors (Lipinski definition) is 1. The van der Waals surface area contributed by atoms with Crippen molar-refractivity contribution in [3.63, 3.8) is 0 Å². The maximum absolute atomic E-state index is 14.3. The van der Waals surface area contributed by atoms with E-state index in [0.29, 0.717) is 0 Å². The Morgan fingerprint density at radius 1 is 0.400 bits per heavy atom. The number of benzene rings is 6. The maximum atomic E-state index is 14.3. The van der Waals surface area contributed by atoms with Gasteiger partial charge in [0.1, 0.15) is 0 Å². The first-order valence-electron chi connectivity index (χ1n) is 10.2.